The lowest BCUT2D eigenvalue weighted by atomic mass is 9.98. The monoisotopic (exact) mass is 252 g/mol. The summed E-state index contributed by atoms with van der Waals surface area (Å²) in [5.41, 5.74) is -1.20. The summed E-state index contributed by atoms with van der Waals surface area (Å²) in [6.45, 7) is 4.74. The van der Waals surface area contributed by atoms with E-state index in [1.54, 1.807) is 26.0 Å². The second kappa shape index (κ2) is 4.13. The lowest BCUT2D eigenvalue weighted by molar-refractivity contribution is -0.134. The van der Waals surface area contributed by atoms with Crippen molar-refractivity contribution in [2.45, 2.75) is 38.5 Å². The van der Waals surface area contributed by atoms with Crippen LogP contribution >= 0.6 is 0 Å². The van der Waals surface area contributed by atoms with Crippen molar-refractivity contribution in [1.82, 2.24) is 10.2 Å². The molecule has 0 spiro atoms. The number of rotatable bonds is 3. The van der Waals surface area contributed by atoms with E-state index in [-0.39, 0.29) is 0 Å². The quantitative estimate of drug-likeness (QED) is 0.780. The normalized spacial score (nSPS) is 27.2. The standard InChI is InChI=1S/C12H16N2O4/c1-7(8(2)15)14-10(16)12(3,13-11(14)17)9-5-4-6-18-9/h4-8,15H,1-3H3,(H,13,17). The SMILES string of the molecule is CC(O)C(C)N1C(=O)NC(C)(c2ccco2)C1=O. The molecule has 2 rings (SSSR count). The first kappa shape index (κ1) is 12.6. The highest BCUT2D eigenvalue weighted by Gasteiger charge is 2.52. The Kier molecular flexibility index (Phi) is 2.90. The Balaban J connectivity index is 2.35. The van der Waals surface area contributed by atoms with Crippen LogP contribution in [0.2, 0.25) is 0 Å². The van der Waals surface area contributed by atoms with Gasteiger partial charge in [0.15, 0.2) is 5.54 Å². The van der Waals surface area contributed by atoms with E-state index in [1.807, 2.05) is 0 Å². The summed E-state index contributed by atoms with van der Waals surface area (Å²) in [6, 6.07) is 2.18. The number of urea groups is 1. The Morgan fingerprint density at radius 1 is 1.44 bits per heavy atom. The Bertz CT molecular complexity index is 468. The van der Waals surface area contributed by atoms with Crippen molar-refractivity contribution in [1.29, 1.82) is 0 Å². The van der Waals surface area contributed by atoms with Crippen LogP contribution in [-0.2, 0) is 10.3 Å². The van der Waals surface area contributed by atoms with E-state index in [0.29, 0.717) is 5.76 Å². The van der Waals surface area contributed by atoms with E-state index >= 15 is 0 Å². The number of hydrogen-bond donors (Lipinski definition) is 2. The molecule has 0 aliphatic carbocycles. The summed E-state index contributed by atoms with van der Waals surface area (Å²) in [5.74, 6) is -0.0445. The molecular formula is C12H16N2O4. The van der Waals surface area contributed by atoms with E-state index in [4.69, 9.17) is 4.42 Å². The maximum atomic E-state index is 12.4. The van der Waals surface area contributed by atoms with Gasteiger partial charge in [0.25, 0.3) is 5.91 Å². The number of carbonyl (C=O) groups excluding carboxylic acids is 2. The molecule has 0 radical (unpaired) electrons. The first-order valence-electron chi connectivity index (χ1n) is 5.76. The first-order valence-corrected chi connectivity index (χ1v) is 5.76. The van der Waals surface area contributed by atoms with E-state index in [0.717, 1.165) is 4.90 Å². The number of nitrogens with one attached hydrogen (secondary N) is 1. The predicted molar refractivity (Wildman–Crippen MR) is 62.6 cm³/mol. The van der Waals surface area contributed by atoms with Crippen molar-refractivity contribution in [3.05, 3.63) is 24.2 Å². The van der Waals surface area contributed by atoms with Crippen LogP contribution in [0.5, 0.6) is 0 Å². The second-order valence-electron chi connectivity index (χ2n) is 4.69. The van der Waals surface area contributed by atoms with Gasteiger partial charge in [-0.25, -0.2) is 4.79 Å². The summed E-state index contributed by atoms with van der Waals surface area (Å²) < 4.78 is 5.20. The molecule has 1 aromatic rings. The maximum Gasteiger partial charge on any atom is 0.325 e. The van der Waals surface area contributed by atoms with Crippen LogP contribution in [0.15, 0.2) is 22.8 Å². The highest BCUT2D eigenvalue weighted by Crippen LogP contribution is 2.30. The topological polar surface area (TPSA) is 82.8 Å². The van der Waals surface area contributed by atoms with Gasteiger partial charge in [-0.05, 0) is 32.9 Å². The van der Waals surface area contributed by atoms with Crippen LogP contribution in [0.1, 0.15) is 26.5 Å². The molecule has 1 aliphatic rings. The van der Waals surface area contributed by atoms with Gasteiger partial charge in [-0.3, -0.25) is 9.69 Å². The average Bonchev–Trinajstić information content (AvgIpc) is 2.88. The Hall–Kier alpha value is -1.82. The van der Waals surface area contributed by atoms with Gasteiger partial charge in [-0.2, -0.15) is 0 Å². The van der Waals surface area contributed by atoms with Gasteiger partial charge < -0.3 is 14.8 Å². The van der Waals surface area contributed by atoms with Crippen molar-refractivity contribution >= 4 is 11.9 Å². The Morgan fingerprint density at radius 3 is 2.61 bits per heavy atom. The fraction of sp³-hybridized carbons (Fsp3) is 0.500. The zero-order valence-electron chi connectivity index (χ0n) is 10.5. The minimum atomic E-state index is -1.20. The molecule has 0 saturated carbocycles. The molecule has 6 heteroatoms. The number of carbonyl (C=O) groups is 2. The molecule has 1 aromatic heterocycles. The van der Waals surface area contributed by atoms with Crippen molar-refractivity contribution in [2.75, 3.05) is 0 Å². The molecule has 18 heavy (non-hydrogen) atoms. The largest absolute Gasteiger partial charge is 0.466 e. The number of furan rings is 1. The smallest absolute Gasteiger partial charge is 0.325 e. The van der Waals surface area contributed by atoms with Crippen LogP contribution in [-0.4, -0.2) is 34.1 Å². The number of imide groups is 1. The second-order valence-corrected chi connectivity index (χ2v) is 4.69. The molecule has 6 nitrogen and oxygen atoms in total. The number of hydrogen-bond acceptors (Lipinski definition) is 4. The molecule has 2 heterocycles. The van der Waals surface area contributed by atoms with Gasteiger partial charge in [0.05, 0.1) is 18.4 Å². The number of aliphatic hydroxyl groups is 1. The zero-order valence-corrected chi connectivity index (χ0v) is 10.5. The molecule has 1 saturated heterocycles. The van der Waals surface area contributed by atoms with Crippen LogP contribution in [0, 0.1) is 0 Å². The summed E-state index contributed by atoms with van der Waals surface area (Å²) in [7, 11) is 0. The summed E-state index contributed by atoms with van der Waals surface area (Å²) >= 11 is 0. The summed E-state index contributed by atoms with van der Waals surface area (Å²) in [5, 5.41) is 12.1. The minimum Gasteiger partial charge on any atom is -0.466 e. The fourth-order valence-electron chi connectivity index (χ4n) is 1.98. The molecule has 1 fully saturated rings. The van der Waals surface area contributed by atoms with Crippen molar-refractivity contribution < 1.29 is 19.1 Å². The number of aliphatic hydroxyl groups excluding tert-OH is 1. The molecule has 0 aromatic carbocycles. The van der Waals surface area contributed by atoms with Gasteiger partial charge >= 0.3 is 6.03 Å². The van der Waals surface area contributed by atoms with Gasteiger partial charge in [0.2, 0.25) is 0 Å². The van der Waals surface area contributed by atoms with Crippen molar-refractivity contribution in [2.24, 2.45) is 0 Å². The van der Waals surface area contributed by atoms with Gasteiger partial charge in [0, 0.05) is 0 Å². The molecule has 0 bridgehead atoms. The molecule has 1 aliphatic heterocycles. The van der Waals surface area contributed by atoms with Crippen LogP contribution < -0.4 is 5.32 Å². The van der Waals surface area contributed by atoms with Crippen molar-refractivity contribution in [3.63, 3.8) is 0 Å². The third kappa shape index (κ3) is 1.69. The highest BCUT2D eigenvalue weighted by molar-refractivity contribution is 6.07. The molecule has 98 valence electrons. The van der Waals surface area contributed by atoms with E-state index in [2.05, 4.69) is 5.32 Å². The molecule has 3 atom stereocenters. The molecule has 3 amide bonds. The lowest BCUT2D eigenvalue weighted by Crippen LogP contribution is -2.46. The molecule has 2 N–H and O–H groups in total. The Labute approximate surface area is 105 Å². The third-order valence-corrected chi connectivity index (χ3v) is 3.34. The van der Waals surface area contributed by atoms with Crippen LogP contribution in [0.4, 0.5) is 4.79 Å². The molecule has 3 unspecified atom stereocenters. The van der Waals surface area contributed by atoms with Gasteiger partial charge in [-0.15, -0.1) is 0 Å². The van der Waals surface area contributed by atoms with E-state index < -0.39 is 29.6 Å². The van der Waals surface area contributed by atoms with Gasteiger partial charge in [0.1, 0.15) is 5.76 Å². The minimum absolute atomic E-state index is 0.376. The maximum absolute atomic E-state index is 12.4. The summed E-state index contributed by atoms with van der Waals surface area (Å²) in [4.78, 5) is 25.3. The van der Waals surface area contributed by atoms with Crippen LogP contribution in [0.3, 0.4) is 0 Å². The first-order chi connectivity index (χ1) is 8.38. The van der Waals surface area contributed by atoms with E-state index in [1.165, 1.54) is 13.2 Å². The average molecular weight is 252 g/mol. The van der Waals surface area contributed by atoms with Gasteiger partial charge in [-0.1, -0.05) is 0 Å². The predicted octanol–water partition coefficient (Wildman–Crippen LogP) is 0.816. The summed E-state index contributed by atoms with van der Waals surface area (Å²) in [6.07, 6.45) is 0.652. The zero-order chi connectivity index (χ0) is 13.5. The van der Waals surface area contributed by atoms with Crippen molar-refractivity contribution in [3.8, 4) is 0 Å². The Morgan fingerprint density at radius 2 is 2.11 bits per heavy atom. The highest BCUT2D eigenvalue weighted by atomic mass is 16.3. The lowest BCUT2D eigenvalue weighted by Gasteiger charge is -2.25. The fourth-order valence-corrected chi connectivity index (χ4v) is 1.98. The third-order valence-electron chi connectivity index (χ3n) is 3.34. The van der Waals surface area contributed by atoms with Crippen LogP contribution in [0.25, 0.3) is 0 Å². The number of amides is 3. The van der Waals surface area contributed by atoms with E-state index in [9.17, 15) is 14.7 Å². The molecular weight excluding hydrogens is 236 g/mol. The number of nitrogens with zero attached hydrogens (tertiary/aromatic N) is 1.